The van der Waals surface area contributed by atoms with Gasteiger partial charge in [0.05, 0.1) is 32.3 Å². The molecule has 0 unspecified atom stereocenters. The first-order chi connectivity index (χ1) is 12.6. The molecule has 0 aliphatic rings. The third-order valence-electron chi connectivity index (χ3n) is 4.04. The molecule has 26 heavy (non-hydrogen) atoms. The zero-order valence-corrected chi connectivity index (χ0v) is 15.5. The van der Waals surface area contributed by atoms with Gasteiger partial charge in [0, 0.05) is 12.2 Å². The Morgan fingerprint density at radius 1 is 1.08 bits per heavy atom. The zero-order chi connectivity index (χ0) is 18.5. The van der Waals surface area contributed by atoms with E-state index in [0.29, 0.717) is 18.2 Å². The Hall–Kier alpha value is -3.09. The summed E-state index contributed by atoms with van der Waals surface area (Å²) >= 11 is 0. The molecule has 0 aliphatic carbocycles. The Balaban J connectivity index is 1.69. The lowest BCUT2D eigenvalue weighted by molar-refractivity contribution is 0.399. The summed E-state index contributed by atoms with van der Waals surface area (Å²) in [6.45, 7) is 4.65. The second kappa shape index (κ2) is 7.86. The Morgan fingerprint density at radius 2 is 1.92 bits per heavy atom. The van der Waals surface area contributed by atoms with Crippen LogP contribution < -0.4 is 14.8 Å². The molecule has 1 N–H and O–H groups in total. The molecular formula is C19H23N5O2. The Labute approximate surface area is 153 Å². The van der Waals surface area contributed by atoms with Crippen LogP contribution in [0.2, 0.25) is 0 Å². The summed E-state index contributed by atoms with van der Waals surface area (Å²) in [5, 5.41) is 7.75. The molecule has 3 rings (SSSR count). The van der Waals surface area contributed by atoms with Crippen molar-refractivity contribution < 1.29 is 9.47 Å². The lowest BCUT2D eigenvalue weighted by Crippen LogP contribution is -2.10. The van der Waals surface area contributed by atoms with Gasteiger partial charge in [-0.05, 0) is 50.1 Å². The predicted octanol–water partition coefficient (Wildman–Crippen LogP) is 2.95. The van der Waals surface area contributed by atoms with Crippen molar-refractivity contribution in [1.29, 1.82) is 0 Å². The van der Waals surface area contributed by atoms with E-state index in [1.807, 2.05) is 38.1 Å². The summed E-state index contributed by atoms with van der Waals surface area (Å²) in [5.74, 6) is 3.05. The van der Waals surface area contributed by atoms with E-state index in [-0.39, 0.29) is 0 Å². The Bertz CT molecular complexity index is 891. The van der Waals surface area contributed by atoms with Gasteiger partial charge < -0.3 is 14.8 Å². The number of methoxy groups -OCH3 is 2. The molecule has 7 nitrogen and oxygen atoms in total. The normalized spacial score (nSPS) is 10.6. The van der Waals surface area contributed by atoms with Crippen molar-refractivity contribution in [3.8, 4) is 17.3 Å². The van der Waals surface area contributed by atoms with E-state index in [0.717, 1.165) is 34.9 Å². The first-order valence-electron chi connectivity index (χ1n) is 8.41. The smallest absolute Gasteiger partial charge is 0.174 e. The quantitative estimate of drug-likeness (QED) is 0.704. The van der Waals surface area contributed by atoms with E-state index in [4.69, 9.17) is 9.47 Å². The van der Waals surface area contributed by atoms with Crippen LogP contribution in [0.25, 0.3) is 5.82 Å². The number of aryl methyl sites for hydroxylation is 2. The maximum Gasteiger partial charge on any atom is 0.174 e. The van der Waals surface area contributed by atoms with Crippen LogP contribution in [0.3, 0.4) is 0 Å². The van der Waals surface area contributed by atoms with Gasteiger partial charge in [0.15, 0.2) is 5.82 Å². The average Bonchev–Trinajstić information content (AvgIpc) is 3.00. The van der Waals surface area contributed by atoms with Gasteiger partial charge in [0.25, 0.3) is 0 Å². The highest BCUT2D eigenvalue weighted by molar-refractivity contribution is 5.42. The number of benzene rings is 1. The number of ether oxygens (including phenoxy) is 2. The van der Waals surface area contributed by atoms with Crippen LogP contribution in [-0.2, 0) is 6.42 Å². The lowest BCUT2D eigenvalue weighted by Gasteiger charge is -2.11. The van der Waals surface area contributed by atoms with E-state index in [1.165, 1.54) is 0 Å². The van der Waals surface area contributed by atoms with Gasteiger partial charge in [-0.25, -0.2) is 9.67 Å². The van der Waals surface area contributed by atoms with Crippen LogP contribution >= 0.6 is 0 Å². The lowest BCUT2D eigenvalue weighted by atomic mass is 10.1. The molecule has 0 saturated heterocycles. The third-order valence-corrected chi connectivity index (χ3v) is 4.04. The zero-order valence-electron chi connectivity index (χ0n) is 15.5. The van der Waals surface area contributed by atoms with Gasteiger partial charge in [0.2, 0.25) is 0 Å². The highest BCUT2D eigenvalue weighted by atomic mass is 16.5. The minimum Gasteiger partial charge on any atom is -0.497 e. The van der Waals surface area contributed by atoms with Crippen molar-refractivity contribution in [3.63, 3.8) is 0 Å². The van der Waals surface area contributed by atoms with E-state index in [9.17, 15) is 0 Å². The van der Waals surface area contributed by atoms with Gasteiger partial charge >= 0.3 is 0 Å². The summed E-state index contributed by atoms with van der Waals surface area (Å²) in [6.07, 6.45) is 4.18. The molecule has 0 bridgehead atoms. The maximum atomic E-state index is 5.42. The van der Waals surface area contributed by atoms with Crippen molar-refractivity contribution in [1.82, 2.24) is 19.7 Å². The van der Waals surface area contributed by atoms with Crippen LogP contribution in [0.15, 0.2) is 36.7 Å². The average molecular weight is 353 g/mol. The van der Waals surface area contributed by atoms with Gasteiger partial charge in [-0.1, -0.05) is 0 Å². The van der Waals surface area contributed by atoms with Crippen LogP contribution in [-0.4, -0.2) is 40.5 Å². The molecule has 7 heteroatoms. The number of nitrogens with zero attached hydrogens (tertiary/aromatic N) is 4. The Morgan fingerprint density at radius 3 is 2.62 bits per heavy atom. The highest BCUT2D eigenvalue weighted by Gasteiger charge is 2.08. The molecule has 0 radical (unpaired) electrons. The fourth-order valence-corrected chi connectivity index (χ4v) is 2.81. The summed E-state index contributed by atoms with van der Waals surface area (Å²) in [4.78, 5) is 8.86. The topological polar surface area (TPSA) is 74.1 Å². The van der Waals surface area contributed by atoms with Crippen LogP contribution in [0, 0.1) is 13.8 Å². The minimum absolute atomic E-state index is 0.693. The highest BCUT2D eigenvalue weighted by Crippen LogP contribution is 2.24. The van der Waals surface area contributed by atoms with E-state index in [1.54, 1.807) is 31.3 Å². The number of anilines is 1. The second-order valence-electron chi connectivity index (χ2n) is 5.96. The Kier molecular flexibility index (Phi) is 5.36. The number of aromatic nitrogens is 4. The molecule has 2 heterocycles. The van der Waals surface area contributed by atoms with Crippen molar-refractivity contribution in [2.45, 2.75) is 20.3 Å². The third kappa shape index (κ3) is 3.93. The molecule has 0 atom stereocenters. The maximum absolute atomic E-state index is 5.42. The van der Waals surface area contributed by atoms with E-state index >= 15 is 0 Å². The standard InChI is InChI=1S/C19H23N5O2/c1-13-9-14(2)24(23-13)19-12-20-11-18(22-19)21-8-7-15-10-16(25-3)5-6-17(15)26-4/h5-6,9-12H,7-8H2,1-4H3,(H,21,22). The molecule has 1 aromatic carbocycles. The molecule has 0 aliphatic heterocycles. The first kappa shape index (κ1) is 17.7. The molecule has 0 spiro atoms. The van der Waals surface area contributed by atoms with Gasteiger partial charge in [-0.15, -0.1) is 0 Å². The van der Waals surface area contributed by atoms with Crippen molar-refractivity contribution in [2.75, 3.05) is 26.1 Å². The molecule has 2 aromatic heterocycles. The van der Waals surface area contributed by atoms with Crippen LogP contribution in [0.5, 0.6) is 11.5 Å². The fourth-order valence-electron chi connectivity index (χ4n) is 2.81. The SMILES string of the molecule is COc1ccc(OC)c(CCNc2cncc(-n3nc(C)cc3C)n2)c1. The first-order valence-corrected chi connectivity index (χ1v) is 8.41. The van der Waals surface area contributed by atoms with Gasteiger partial charge in [0.1, 0.15) is 17.3 Å². The summed E-state index contributed by atoms with van der Waals surface area (Å²) in [7, 11) is 3.33. The van der Waals surface area contributed by atoms with Crippen molar-refractivity contribution in [2.24, 2.45) is 0 Å². The number of rotatable bonds is 7. The van der Waals surface area contributed by atoms with Crippen LogP contribution in [0.4, 0.5) is 5.82 Å². The summed E-state index contributed by atoms with van der Waals surface area (Å²) in [5.41, 5.74) is 3.05. The van der Waals surface area contributed by atoms with Gasteiger partial charge in [-0.3, -0.25) is 4.98 Å². The molecule has 0 saturated carbocycles. The monoisotopic (exact) mass is 353 g/mol. The molecule has 0 amide bonds. The minimum atomic E-state index is 0.693. The summed E-state index contributed by atoms with van der Waals surface area (Å²) < 4.78 is 12.5. The molecule has 3 aromatic rings. The fraction of sp³-hybridized carbons (Fsp3) is 0.316. The van der Waals surface area contributed by atoms with E-state index < -0.39 is 0 Å². The van der Waals surface area contributed by atoms with Crippen molar-refractivity contribution >= 4 is 5.82 Å². The summed E-state index contributed by atoms with van der Waals surface area (Å²) in [6, 6.07) is 7.80. The number of hydrogen-bond donors (Lipinski definition) is 1. The predicted molar refractivity (Wildman–Crippen MR) is 100 cm³/mol. The molecule has 0 fully saturated rings. The largest absolute Gasteiger partial charge is 0.497 e. The number of nitrogens with one attached hydrogen (secondary N) is 1. The van der Waals surface area contributed by atoms with Gasteiger partial charge in [-0.2, -0.15) is 5.10 Å². The molecular weight excluding hydrogens is 330 g/mol. The second-order valence-corrected chi connectivity index (χ2v) is 5.96. The van der Waals surface area contributed by atoms with Crippen molar-refractivity contribution in [3.05, 3.63) is 53.6 Å². The van der Waals surface area contributed by atoms with Crippen LogP contribution in [0.1, 0.15) is 17.0 Å². The van der Waals surface area contributed by atoms with E-state index in [2.05, 4.69) is 20.4 Å². The number of hydrogen-bond acceptors (Lipinski definition) is 6. The molecule has 136 valence electrons.